The van der Waals surface area contributed by atoms with E-state index in [-0.39, 0.29) is 5.91 Å². The Balaban J connectivity index is 1.59. The molecule has 1 aromatic heterocycles. The summed E-state index contributed by atoms with van der Waals surface area (Å²) in [7, 11) is 0. The smallest absolute Gasteiger partial charge is 0.255 e. The molecule has 2 aromatic carbocycles. The normalized spacial score (nSPS) is 13.9. The van der Waals surface area contributed by atoms with Crippen LogP contribution in [0.5, 0.6) is 0 Å². The van der Waals surface area contributed by atoms with E-state index in [0.29, 0.717) is 16.8 Å². The third-order valence-electron chi connectivity index (χ3n) is 5.43. The van der Waals surface area contributed by atoms with Gasteiger partial charge in [-0.1, -0.05) is 37.1 Å². The molecule has 0 bridgehead atoms. The predicted molar refractivity (Wildman–Crippen MR) is 119 cm³/mol. The third-order valence-corrected chi connectivity index (χ3v) is 5.43. The molecule has 0 atom stereocenters. The van der Waals surface area contributed by atoms with Gasteiger partial charge in [0.1, 0.15) is 6.07 Å². The second-order valence-corrected chi connectivity index (χ2v) is 7.46. The highest BCUT2D eigenvalue weighted by Gasteiger charge is 2.16. The fourth-order valence-corrected chi connectivity index (χ4v) is 3.89. The van der Waals surface area contributed by atoms with E-state index >= 15 is 0 Å². The zero-order chi connectivity index (χ0) is 20.8. The molecule has 1 amide bonds. The van der Waals surface area contributed by atoms with Gasteiger partial charge in [-0.25, -0.2) is 0 Å². The maximum absolute atomic E-state index is 13.0. The molecule has 30 heavy (non-hydrogen) atoms. The number of rotatable bonds is 4. The molecular weight excluding hydrogens is 372 g/mol. The zero-order valence-electron chi connectivity index (χ0n) is 16.8. The molecule has 0 aliphatic carbocycles. The summed E-state index contributed by atoms with van der Waals surface area (Å²) in [5, 5.41) is 12.4. The summed E-state index contributed by atoms with van der Waals surface area (Å²) in [5.41, 5.74) is 4.25. The number of aromatic nitrogens is 1. The zero-order valence-corrected chi connectivity index (χ0v) is 16.8. The van der Waals surface area contributed by atoms with Gasteiger partial charge in [0.05, 0.1) is 22.6 Å². The van der Waals surface area contributed by atoms with Crippen molar-refractivity contribution in [3.8, 4) is 17.3 Å². The lowest BCUT2D eigenvalue weighted by atomic mass is 10.0. The summed E-state index contributed by atoms with van der Waals surface area (Å²) in [6, 6.07) is 20.9. The van der Waals surface area contributed by atoms with Gasteiger partial charge in [-0.3, -0.25) is 9.78 Å². The van der Waals surface area contributed by atoms with Crippen molar-refractivity contribution in [2.75, 3.05) is 23.3 Å². The number of carbonyl (C=O) groups excluding carboxylic acids is 1. The van der Waals surface area contributed by atoms with E-state index in [1.165, 1.54) is 25.7 Å². The number of pyridine rings is 1. The number of carbonyl (C=O) groups is 1. The van der Waals surface area contributed by atoms with Crippen LogP contribution in [0.2, 0.25) is 0 Å². The molecule has 0 unspecified atom stereocenters. The van der Waals surface area contributed by atoms with Crippen LogP contribution in [0.1, 0.15) is 41.6 Å². The maximum Gasteiger partial charge on any atom is 0.255 e. The number of benzene rings is 2. The highest BCUT2D eigenvalue weighted by Crippen LogP contribution is 2.29. The topological polar surface area (TPSA) is 69.0 Å². The van der Waals surface area contributed by atoms with Crippen molar-refractivity contribution in [1.82, 2.24) is 4.98 Å². The average molecular weight is 396 g/mol. The van der Waals surface area contributed by atoms with Crippen molar-refractivity contribution >= 4 is 17.3 Å². The minimum absolute atomic E-state index is 0.173. The average Bonchev–Trinajstić information content (AvgIpc) is 3.09. The largest absolute Gasteiger partial charge is 0.370 e. The quantitative estimate of drug-likeness (QED) is 0.654. The summed E-state index contributed by atoms with van der Waals surface area (Å²) in [5.74, 6) is -0.173. The molecule has 150 valence electrons. The number of nitrogens with one attached hydrogen (secondary N) is 1. The van der Waals surface area contributed by atoms with Gasteiger partial charge in [0, 0.05) is 30.4 Å². The Kier molecular flexibility index (Phi) is 6.05. The molecule has 1 aliphatic heterocycles. The van der Waals surface area contributed by atoms with Gasteiger partial charge in [-0.05, 0) is 49.2 Å². The Morgan fingerprint density at radius 2 is 1.77 bits per heavy atom. The first-order valence-electron chi connectivity index (χ1n) is 10.4. The van der Waals surface area contributed by atoms with Crippen molar-refractivity contribution in [2.45, 2.75) is 25.7 Å². The number of nitriles is 1. The Morgan fingerprint density at radius 1 is 0.967 bits per heavy atom. The first-order valence-corrected chi connectivity index (χ1v) is 10.4. The van der Waals surface area contributed by atoms with Crippen molar-refractivity contribution < 1.29 is 4.79 Å². The van der Waals surface area contributed by atoms with E-state index in [1.54, 1.807) is 30.5 Å². The Morgan fingerprint density at radius 3 is 2.57 bits per heavy atom. The molecule has 5 nitrogen and oxygen atoms in total. The standard InChI is InChI=1S/C25H24N4O/c26-18-21-11-8-14-27-24(21)19-9-7-10-20(17-19)25(30)28-22-12-3-4-13-23(22)29-15-5-1-2-6-16-29/h3-4,7-14,17H,1-2,5-6,15-16H2,(H,28,30). The van der Waals surface area contributed by atoms with Crippen LogP contribution in [0.4, 0.5) is 11.4 Å². The number of para-hydroxylation sites is 2. The summed E-state index contributed by atoms with van der Waals surface area (Å²) in [4.78, 5) is 19.7. The second kappa shape index (κ2) is 9.23. The lowest BCUT2D eigenvalue weighted by Gasteiger charge is -2.25. The minimum Gasteiger partial charge on any atom is -0.370 e. The molecule has 1 fully saturated rings. The monoisotopic (exact) mass is 396 g/mol. The Bertz CT molecular complexity index is 1080. The van der Waals surface area contributed by atoms with Crippen LogP contribution in [0.3, 0.4) is 0 Å². The third kappa shape index (κ3) is 4.33. The Hall–Kier alpha value is -3.65. The fourth-order valence-electron chi connectivity index (χ4n) is 3.89. The highest BCUT2D eigenvalue weighted by molar-refractivity contribution is 6.06. The molecule has 2 heterocycles. The van der Waals surface area contributed by atoms with Crippen LogP contribution in [0.15, 0.2) is 66.9 Å². The van der Waals surface area contributed by atoms with Crippen molar-refractivity contribution in [3.63, 3.8) is 0 Å². The molecule has 1 N–H and O–H groups in total. The lowest BCUT2D eigenvalue weighted by Crippen LogP contribution is -2.25. The van der Waals surface area contributed by atoms with Crippen LogP contribution in [0.25, 0.3) is 11.3 Å². The SMILES string of the molecule is N#Cc1cccnc1-c1cccc(C(=O)Nc2ccccc2N2CCCCCC2)c1. The van der Waals surface area contributed by atoms with Gasteiger partial charge in [-0.15, -0.1) is 0 Å². The highest BCUT2D eigenvalue weighted by atomic mass is 16.1. The van der Waals surface area contributed by atoms with Gasteiger partial charge in [0.2, 0.25) is 0 Å². The number of nitrogens with zero attached hydrogens (tertiary/aromatic N) is 3. The lowest BCUT2D eigenvalue weighted by molar-refractivity contribution is 0.102. The fraction of sp³-hybridized carbons (Fsp3) is 0.240. The summed E-state index contributed by atoms with van der Waals surface area (Å²) in [6.45, 7) is 2.03. The molecular formula is C25H24N4O. The van der Waals surface area contributed by atoms with E-state index in [2.05, 4.69) is 27.3 Å². The summed E-state index contributed by atoms with van der Waals surface area (Å²) in [6.07, 6.45) is 6.53. The van der Waals surface area contributed by atoms with E-state index in [4.69, 9.17) is 0 Å². The molecule has 3 aromatic rings. The van der Waals surface area contributed by atoms with E-state index in [1.807, 2.05) is 30.3 Å². The van der Waals surface area contributed by atoms with E-state index in [9.17, 15) is 10.1 Å². The second-order valence-electron chi connectivity index (χ2n) is 7.46. The predicted octanol–water partition coefficient (Wildman–Crippen LogP) is 5.25. The summed E-state index contributed by atoms with van der Waals surface area (Å²) < 4.78 is 0. The van der Waals surface area contributed by atoms with Gasteiger partial charge in [0.15, 0.2) is 0 Å². The number of anilines is 2. The van der Waals surface area contributed by atoms with Gasteiger partial charge >= 0.3 is 0 Å². The van der Waals surface area contributed by atoms with E-state index < -0.39 is 0 Å². The summed E-state index contributed by atoms with van der Waals surface area (Å²) >= 11 is 0. The number of hydrogen-bond acceptors (Lipinski definition) is 4. The minimum atomic E-state index is -0.173. The first kappa shape index (κ1) is 19.7. The van der Waals surface area contributed by atoms with Gasteiger partial charge < -0.3 is 10.2 Å². The Labute approximate surface area is 177 Å². The molecule has 1 aliphatic rings. The van der Waals surface area contributed by atoms with Crippen LogP contribution < -0.4 is 10.2 Å². The van der Waals surface area contributed by atoms with Crippen LogP contribution >= 0.6 is 0 Å². The van der Waals surface area contributed by atoms with Gasteiger partial charge in [-0.2, -0.15) is 5.26 Å². The molecule has 0 spiro atoms. The van der Waals surface area contributed by atoms with E-state index in [0.717, 1.165) is 30.0 Å². The molecule has 0 saturated carbocycles. The number of hydrogen-bond donors (Lipinski definition) is 1. The van der Waals surface area contributed by atoms with Crippen molar-refractivity contribution in [1.29, 1.82) is 5.26 Å². The maximum atomic E-state index is 13.0. The van der Waals surface area contributed by atoms with Crippen LogP contribution in [0, 0.1) is 11.3 Å². The number of amides is 1. The first-order chi connectivity index (χ1) is 14.8. The molecule has 0 radical (unpaired) electrons. The van der Waals surface area contributed by atoms with Crippen molar-refractivity contribution in [2.24, 2.45) is 0 Å². The molecule has 1 saturated heterocycles. The molecule has 4 rings (SSSR count). The van der Waals surface area contributed by atoms with Crippen molar-refractivity contribution in [3.05, 3.63) is 78.0 Å². The van der Waals surface area contributed by atoms with Crippen LogP contribution in [-0.2, 0) is 0 Å². The van der Waals surface area contributed by atoms with Crippen LogP contribution in [-0.4, -0.2) is 24.0 Å². The van der Waals surface area contributed by atoms with Gasteiger partial charge in [0.25, 0.3) is 5.91 Å². The molecule has 5 heteroatoms.